The molecule has 0 fully saturated rings. The predicted molar refractivity (Wildman–Crippen MR) is 26.6 cm³/mol. The Balaban J connectivity index is 3.23. The van der Waals surface area contributed by atoms with Crippen molar-refractivity contribution in [1.82, 2.24) is 0 Å². The maximum atomic E-state index is 9.36. The van der Waals surface area contributed by atoms with E-state index in [0.717, 1.165) is 0 Å². The van der Waals surface area contributed by atoms with Gasteiger partial charge in [0.15, 0.2) is 7.28 Å². The van der Waals surface area contributed by atoms with Crippen LogP contribution in [0.2, 0.25) is 6.82 Å². The van der Waals surface area contributed by atoms with Crippen LogP contribution in [0.5, 0.6) is 0 Å². The van der Waals surface area contributed by atoms with E-state index in [1.54, 1.807) is 14.1 Å². The van der Waals surface area contributed by atoms with Crippen LogP contribution in [0.3, 0.4) is 0 Å². The topological polar surface area (TPSA) is 29.4 Å². The van der Waals surface area contributed by atoms with E-state index in [2.05, 4.69) is 11.8 Å². The van der Waals surface area contributed by atoms with Crippen LogP contribution in [0.1, 0.15) is 0 Å². The van der Waals surface area contributed by atoms with Gasteiger partial charge in [0.2, 0.25) is 0 Å². The van der Waals surface area contributed by atoms with E-state index in [1.165, 1.54) is 0 Å². The fourth-order valence-corrected chi connectivity index (χ4v) is 0.0527. The monoisotopic (exact) mass is 82.0 g/mol. The second-order valence-electron chi connectivity index (χ2n) is 0.871. The summed E-state index contributed by atoms with van der Waals surface area (Å²) in [6.07, 6.45) is 0. The molecule has 31 valence electrons. The van der Waals surface area contributed by atoms with Crippen molar-refractivity contribution in [2.24, 2.45) is 5.18 Å². The minimum absolute atomic E-state index is 0.287. The van der Waals surface area contributed by atoms with E-state index in [9.17, 15) is 4.91 Å². The Morgan fingerprint density at radius 1 is 2.00 bits per heavy atom. The van der Waals surface area contributed by atoms with Crippen LogP contribution in [0, 0.1) is 4.91 Å². The van der Waals surface area contributed by atoms with Gasteiger partial charge in [0.25, 0.3) is 0 Å². The summed E-state index contributed by atoms with van der Waals surface area (Å²) in [5, 5.41) is 2.51. The highest BCUT2D eigenvalue weighted by Crippen LogP contribution is 1.82. The van der Waals surface area contributed by atoms with Crippen LogP contribution in [0.15, 0.2) is 17.4 Å². The molecular weight excluding hydrogens is 76.9 g/mol. The Bertz CT molecular complexity index is 71.2. The first-order valence-electron chi connectivity index (χ1n) is 1.63. The number of nitroso groups, excluding NO2 is 1. The zero-order valence-corrected chi connectivity index (χ0v) is 3.64. The summed E-state index contributed by atoms with van der Waals surface area (Å²) in [7, 11) is 1.55. The molecule has 0 rings (SSSR count). The van der Waals surface area contributed by atoms with Crippen LogP contribution in [-0.4, -0.2) is 7.28 Å². The summed E-state index contributed by atoms with van der Waals surface area (Å²) < 4.78 is 0. The smallest absolute Gasteiger partial charge is 0.146 e. The quantitative estimate of drug-likeness (QED) is 0.360. The van der Waals surface area contributed by atoms with Crippen molar-refractivity contribution in [3.05, 3.63) is 17.1 Å². The molecule has 0 amide bonds. The SMILES string of the molecule is C=C([B]C)N=O. The number of nitrogens with zero attached hydrogens (tertiary/aromatic N) is 1. The van der Waals surface area contributed by atoms with Crippen molar-refractivity contribution >= 4 is 7.28 Å². The maximum Gasteiger partial charge on any atom is 0.178 e. The molecule has 0 aromatic carbocycles. The Labute approximate surface area is 37.5 Å². The Kier molecular flexibility index (Phi) is 2.37. The Morgan fingerprint density at radius 3 is 2.50 bits per heavy atom. The largest absolute Gasteiger partial charge is 0.178 e. The molecular formula is C3H5BNO. The van der Waals surface area contributed by atoms with Crippen molar-refractivity contribution in [3.8, 4) is 0 Å². The van der Waals surface area contributed by atoms with Crippen molar-refractivity contribution in [1.29, 1.82) is 0 Å². The first kappa shape index (κ1) is 5.40. The van der Waals surface area contributed by atoms with E-state index in [1.807, 2.05) is 0 Å². The maximum absolute atomic E-state index is 9.36. The summed E-state index contributed by atoms with van der Waals surface area (Å²) in [6.45, 7) is 4.97. The van der Waals surface area contributed by atoms with E-state index >= 15 is 0 Å². The van der Waals surface area contributed by atoms with Crippen LogP contribution >= 0.6 is 0 Å². The molecule has 0 aromatic rings. The molecule has 0 unspecified atom stereocenters. The highest BCUT2D eigenvalue weighted by molar-refractivity contribution is 6.43. The molecule has 0 spiro atoms. The molecule has 3 heteroatoms. The Hall–Kier alpha value is -0.595. The molecule has 1 radical (unpaired) electrons. The number of rotatable bonds is 2. The summed E-state index contributed by atoms with van der Waals surface area (Å²) in [5.74, 6) is 0. The zero-order chi connectivity index (χ0) is 4.99. The highest BCUT2D eigenvalue weighted by atomic mass is 16.3. The predicted octanol–water partition coefficient (Wildman–Crippen LogP) is 0.976. The highest BCUT2D eigenvalue weighted by Gasteiger charge is 1.82. The third-order valence-electron chi connectivity index (χ3n) is 0.450. The standard InChI is InChI=1S/C3H5BNO/c1-3(4-2)5-6/h1H2,2H3. The number of hydrogen-bond acceptors (Lipinski definition) is 2. The second kappa shape index (κ2) is 2.63. The minimum Gasteiger partial charge on any atom is -0.146 e. The molecule has 0 saturated carbocycles. The number of hydrogen-bond donors (Lipinski definition) is 0. The van der Waals surface area contributed by atoms with Crippen molar-refractivity contribution in [3.63, 3.8) is 0 Å². The van der Waals surface area contributed by atoms with Crippen molar-refractivity contribution in [2.75, 3.05) is 0 Å². The van der Waals surface area contributed by atoms with E-state index < -0.39 is 0 Å². The molecule has 0 aliphatic heterocycles. The third kappa shape index (κ3) is 1.70. The molecule has 6 heavy (non-hydrogen) atoms. The molecule has 0 bridgehead atoms. The average Bonchev–Trinajstić information content (AvgIpc) is 1.65. The van der Waals surface area contributed by atoms with Gasteiger partial charge in [-0.3, -0.25) is 0 Å². The van der Waals surface area contributed by atoms with Gasteiger partial charge >= 0.3 is 0 Å². The third-order valence-corrected chi connectivity index (χ3v) is 0.450. The minimum atomic E-state index is 0.287. The molecule has 0 aliphatic rings. The first-order valence-corrected chi connectivity index (χ1v) is 1.63. The van der Waals surface area contributed by atoms with Crippen molar-refractivity contribution < 1.29 is 0 Å². The molecule has 0 aromatic heterocycles. The lowest BCUT2D eigenvalue weighted by Crippen LogP contribution is -1.79. The van der Waals surface area contributed by atoms with Gasteiger partial charge in [0, 0.05) is 5.60 Å². The van der Waals surface area contributed by atoms with E-state index in [0.29, 0.717) is 0 Å². The van der Waals surface area contributed by atoms with Crippen LogP contribution < -0.4 is 0 Å². The van der Waals surface area contributed by atoms with Gasteiger partial charge in [0.05, 0.1) is 0 Å². The molecule has 0 N–H and O–H groups in total. The molecule has 0 aliphatic carbocycles. The van der Waals surface area contributed by atoms with E-state index in [-0.39, 0.29) is 5.60 Å². The van der Waals surface area contributed by atoms with Crippen LogP contribution in [0.4, 0.5) is 0 Å². The summed E-state index contributed by atoms with van der Waals surface area (Å²) >= 11 is 0. The van der Waals surface area contributed by atoms with Gasteiger partial charge in [-0.1, -0.05) is 13.4 Å². The summed E-state index contributed by atoms with van der Waals surface area (Å²) in [4.78, 5) is 9.36. The van der Waals surface area contributed by atoms with Gasteiger partial charge < -0.3 is 0 Å². The van der Waals surface area contributed by atoms with Gasteiger partial charge in [-0.05, 0) is 5.18 Å². The second-order valence-corrected chi connectivity index (χ2v) is 0.871. The lowest BCUT2D eigenvalue weighted by Gasteiger charge is -1.75. The molecule has 2 nitrogen and oxygen atoms in total. The lowest BCUT2D eigenvalue weighted by atomic mass is 9.79. The van der Waals surface area contributed by atoms with E-state index in [4.69, 9.17) is 0 Å². The molecule has 0 atom stereocenters. The van der Waals surface area contributed by atoms with Gasteiger partial charge in [0.1, 0.15) is 0 Å². The van der Waals surface area contributed by atoms with Gasteiger partial charge in [-0.15, -0.1) is 4.91 Å². The van der Waals surface area contributed by atoms with Crippen LogP contribution in [-0.2, 0) is 0 Å². The molecule has 0 heterocycles. The lowest BCUT2D eigenvalue weighted by molar-refractivity contribution is 1.49. The average molecular weight is 81.9 g/mol. The summed E-state index contributed by atoms with van der Waals surface area (Å²) in [5.41, 5.74) is 0.287. The fraction of sp³-hybridized carbons (Fsp3) is 0.333. The first-order chi connectivity index (χ1) is 2.81. The van der Waals surface area contributed by atoms with Crippen molar-refractivity contribution in [2.45, 2.75) is 6.82 Å². The fourth-order valence-electron chi connectivity index (χ4n) is 0.0527. The summed E-state index contributed by atoms with van der Waals surface area (Å²) in [6, 6.07) is 0. The molecule has 0 saturated heterocycles. The van der Waals surface area contributed by atoms with Gasteiger partial charge in [-0.25, -0.2) is 0 Å². The Morgan fingerprint density at radius 2 is 2.50 bits per heavy atom. The van der Waals surface area contributed by atoms with Gasteiger partial charge in [-0.2, -0.15) is 0 Å². The normalized spacial score (nSPS) is 6.83. The van der Waals surface area contributed by atoms with Crippen LogP contribution in [0.25, 0.3) is 0 Å². The zero-order valence-electron chi connectivity index (χ0n) is 3.64.